The number of aromatic nitrogens is 3. The van der Waals surface area contributed by atoms with Crippen molar-refractivity contribution in [2.45, 2.75) is 72.4 Å². The molecule has 3 heterocycles. The zero-order valence-electron chi connectivity index (χ0n) is 38.9. The SMILES string of the molecule is CC(C)(C)c1cccc(-c2ccccc2)c1-n1c(-c2[c-]ccc3c2oc2ccccc23)nc2ccccc21.[2H]C([2H])([2H])c1c[c-]c(-c2cc(C([2H])(C)C)c([Si](C)(C)C)cn2)cc1.[Ir]. The summed E-state index contributed by atoms with van der Waals surface area (Å²) in [5, 5.41) is 3.35. The molecule has 0 saturated heterocycles. The average molecular weight is 970 g/mol. The van der Waals surface area contributed by atoms with Gasteiger partial charge in [0.1, 0.15) is 5.58 Å². The van der Waals surface area contributed by atoms with Crippen molar-refractivity contribution in [3.05, 3.63) is 168 Å². The van der Waals surface area contributed by atoms with E-state index < -0.39 is 20.8 Å². The van der Waals surface area contributed by atoms with Gasteiger partial charge in [0.05, 0.1) is 36.2 Å². The molecule has 0 amide bonds. The smallest absolute Gasteiger partial charge is 0.120 e. The van der Waals surface area contributed by atoms with Crippen LogP contribution in [0.3, 0.4) is 0 Å². The molecular formula is C53H51IrN3OSi-2. The van der Waals surface area contributed by atoms with Crippen LogP contribution in [0.25, 0.3) is 72.4 Å². The molecule has 0 aliphatic heterocycles. The van der Waals surface area contributed by atoms with E-state index in [1.54, 1.807) is 12.1 Å². The van der Waals surface area contributed by atoms with E-state index in [4.69, 9.17) is 14.9 Å². The standard InChI is InChI=1S/C35H27N2O.C18H24NSi.Ir/c1-35(2,3)28-19-12-16-24(23-13-5-4-6-14-23)32(28)37-30-21-9-8-20-29(30)36-34(37)27-18-11-17-26-25-15-7-10-22-31(25)38-33(26)27;1-13(2)16-11-17(15-9-7-14(3)8-10-15)19-12-18(16)20(4,5)6;/h4-17,19-22H,1-3H3;7-9,11-13H,1-6H3;/q2*-1;/i;3D3,13D;. The molecule has 0 saturated carbocycles. The van der Waals surface area contributed by atoms with Crippen LogP contribution < -0.4 is 5.19 Å². The van der Waals surface area contributed by atoms with Gasteiger partial charge in [-0.15, -0.1) is 53.6 Å². The van der Waals surface area contributed by atoms with Crippen molar-refractivity contribution < 1.29 is 30.0 Å². The number of benzene rings is 6. The second-order valence-electron chi connectivity index (χ2n) is 17.1. The molecule has 1 radical (unpaired) electrons. The number of imidazole rings is 1. The van der Waals surface area contributed by atoms with Gasteiger partial charge in [-0.2, -0.15) is 0 Å². The quantitative estimate of drug-likeness (QED) is 0.123. The Bertz CT molecular complexity index is 3060. The number of pyridine rings is 1. The molecule has 0 aliphatic carbocycles. The molecule has 3 aromatic heterocycles. The maximum atomic E-state index is 8.48. The van der Waals surface area contributed by atoms with Crippen molar-refractivity contribution >= 4 is 46.2 Å². The molecule has 6 aromatic carbocycles. The summed E-state index contributed by atoms with van der Waals surface area (Å²) in [6.45, 7) is 15.2. The number of furan rings is 1. The third-order valence-electron chi connectivity index (χ3n) is 10.6. The zero-order valence-corrected chi connectivity index (χ0v) is 38.3. The summed E-state index contributed by atoms with van der Waals surface area (Å²) in [6, 6.07) is 51.1. The Morgan fingerprint density at radius 2 is 1.56 bits per heavy atom. The normalized spacial score (nSPS) is 13.2. The predicted octanol–water partition coefficient (Wildman–Crippen LogP) is 13.9. The van der Waals surface area contributed by atoms with E-state index in [0.717, 1.165) is 66.9 Å². The first kappa shape index (κ1) is 36.7. The van der Waals surface area contributed by atoms with Crippen LogP contribution in [0.5, 0.6) is 0 Å². The van der Waals surface area contributed by atoms with Gasteiger partial charge >= 0.3 is 0 Å². The van der Waals surface area contributed by atoms with Crippen LogP contribution in [-0.4, -0.2) is 22.6 Å². The van der Waals surface area contributed by atoms with E-state index in [9.17, 15) is 0 Å². The van der Waals surface area contributed by atoms with Gasteiger partial charge < -0.3 is 14.0 Å². The first-order valence-corrected chi connectivity index (χ1v) is 23.3. The second kappa shape index (κ2) is 16.7. The second-order valence-corrected chi connectivity index (χ2v) is 22.2. The number of rotatable bonds is 6. The monoisotopic (exact) mass is 970 g/mol. The Labute approximate surface area is 369 Å². The minimum atomic E-state index is -2.13. The van der Waals surface area contributed by atoms with Gasteiger partial charge in [-0.1, -0.05) is 163 Å². The van der Waals surface area contributed by atoms with Gasteiger partial charge in [0, 0.05) is 42.7 Å². The molecule has 0 N–H and O–H groups in total. The number of hydrogen-bond acceptors (Lipinski definition) is 3. The van der Waals surface area contributed by atoms with Gasteiger partial charge in [0.2, 0.25) is 0 Å². The van der Waals surface area contributed by atoms with E-state index in [2.05, 4.69) is 147 Å². The van der Waals surface area contributed by atoms with Crippen molar-refractivity contribution in [3.63, 3.8) is 0 Å². The molecule has 299 valence electrons. The topological polar surface area (TPSA) is 43.9 Å². The number of hydrogen-bond donors (Lipinski definition) is 0. The van der Waals surface area contributed by atoms with Crippen LogP contribution in [0.2, 0.25) is 19.6 Å². The zero-order chi connectivity index (χ0) is 44.2. The van der Waals surface area contributed by atoms with Gasteiger partial charge in [-0.05, 0) is 51.5 Å². The summed E-state index contributed by atoms with van der Waals surface area (Å²) < 4.78 is 39.6. The third-order valence-corrected chi connectivity index (χ3v) is 12.6. The number of nitrogens with zero attached hydrogens (tertiary/aromatic N) is 3. The minimum absolute atomic E-state index is 0. The van der Waals surface area contributed by atoms with Crippen LogP contribution >= 0.6 is 0 Å². The maximum Gasteiger partial charge on any atom is 0.120 e. The molecule has 0 aliphatic rings. The summed E-state index contributed by atoms with van der Waals surface area (Å²) in [5.41, 5.74) is 11.9. The first-order valence-electron chi connectivity index (χ1n) is 21.8. The largest absolute Gasteiger partial charge is 0.501 e. The molecule has 0 atom stereocenters. The van der Waals surface area contributed by atoms with Crippen molar-refractivity contribution in [1.29, 1.82) is 0 Å². The van der Waals surface area contributed by atoms with Crippen molar-refractivity contribution in [2.24, 2.45) is 0 Å². The summed E-state index contributed by atoms with van der Waals surface area (Å²) in [5.74, 6) is 0.107. The molecular weight excluding hydrogens is 915 g/mol. The van der Waals surface area contributed by atoms with Crippen molar-refractivity contribution in [1.82, 2.24) is 14.5 Å². The van der Waals surface area contributed by atoms with Gasteiger partial charge in [-0.3, -0.25) is 4.98 Å². The Morgan fingerprint density at radius 1 is 0.814 bits per heavy atom. The molecule has 0 spiro atoms. The minimum Gasteiger partial charge on any atom is -0.501 e. The molecule has 9 aromatic rings. The molecule has 0 fully saturated rings. The van der Waals surface area contributed by atoms with Crippen LogP contribution in [0.15, 0.2) is 144 Å². The summed E-state index contributed by atoms with van der Waals surface area (Å²) >= 11 is 0. The van der Waals surface area contributed by atoms with Crippen LogP contribution in [-0.2, 0) is 25.5 Å². The first-order chi connectivity index (χ1) is 29.3. The fourth-order valence-corrected chi connectivity index (χ4v) is 9.30. The number of para-hydroxylation sites is 4. The number of fused-ring (bicyclic) bond motifs is 4. The average Bonchev–Trinajstić information content (AvgIpc) is 3.81. The number of aryl methyl sites for hydroxylation is 1. The Balaban J connectivity index is 0.000000207. The Hall–Kier alpha value is -5.39. The molecule has 9 rings (SSSR count). The fourth-order valence-electron chi connectivity index (χ4n) is 7.72. The van der Waals surface area contributed by atoms with Crippen LogP contribution in [0.4, 0.5) is 0 Å². The molecule has 0 unspecified atom stereocenters. The Morgan fingerprint density at radius 3 is 2.27 bits per heavy atom. The van der Waals surface area contributed by atoms with Gasteiger partial charge in [0.25, 0.3) is 0 Å². The summed E-state index contributed by atoms with van der Waals surface area (Å²) in [4.78, 5) is 9.77. The van der Waals surface area contributed by atoms with Gasteiger partial charge in [-0.25, -0.2) is 0 Å². The molecule has 6 heteroatoms. The van der Waals surface area contributed by atoms with E-state index in [1.807, 2.05) is 50.4 Å². The third kappa shape index (κ3) is 8.27. The van der Waals surface area contributed by atoms with E-state index >= 15 is 0 Å². The van der Waals surface area contributed by atoms with Crippen LogP contribution in [0.1, 0.15) is 62.7 Å². The maximum absolute atomic E-state index is 8.48. The predicted molar refractivity (Wildman–Crippen MR) is 247 cm³/mol. The van der Waals surface area contributed by atoms with Crippen molar-refractivity contribution in [3.8, 4) is 39.5 Å². The van der Waals surface area contributed by atoms with E-state index in [-0.39, 0.29) is 31.1 Å². The molecule has 59 heavy (non-hydrogen) atoms. The van der Waals surface area contributed by atoms with Crippen LogP contribution in [0, 0.1) is 19.0 Å². The van der Waals surface area contributed by atoms with E-state index in [1.165, 1.54) is 27.9 Å². The summed E-state index contributed by atoms with van der Waals surface area (Å²) in [7, 11) is -1.61. The summed E-state index contributed by atoms with van der Waals surface area (Å²) in [6.07, 6.45) is 1.89. The fraction of sp³-hybridized carbons (Fsp3) is 0.208. The Kier molecular flexibility index (Phi) is 10.4. The van der Waals surface area contributed by atoms with E-state index in [0.29, 0.717) is 0 Å². The molecule has 0 bridgehead atoms. The molecule has 4 nitrogen and oxygen atoms in total. The van der Waals surface area contributed by atoms with Gasteiger partial charge in [0.15, 0.2) is 0 Å². The van der Waals surface area contributed by atoms with Crippen molar-refractivity contribution in [2.75, 3.05) is 0 Å².